The van der Waals surface area contributed by atoms with Crippen molar-refractivity contribution in [2.24, 2.45) is 0 Å². The maximum Gasteiger partial charge on any atom is 0.160 e. The summed E-state index contributed by atoms with van der Waals surface area (Å²) in [6.07, 6.45) is 0. The topological polar surface area (TPSA) is 51.6 Å². The van der Waals surface area contributed by atoms with Crippen LogP contribution in [0.5, 0.6) is 0 Å². The summed E-state index contributed by atoms with van der Waals surface area (Å²) in [6, 6.07) is 62.0. The molecular formula is C44H30N4. The summed E-state index contributed by atoms with van der Waals surface area (Å²) in [5.74, 6) is 1.33. The van der Waals surface area contributed by atoms with Crippen LogP contribution in [0.25, 0.3) is 78.9 Å². The molecule has 0 atom stereocenters. The molecule has 8 rings (SSSR count). The number of benzene rings is 6. The summed E-state index contributed by atoms with van der Waals surface area (Å²) >= 11 is 0. The highest BCUT2D eigenvalue weighted by atomic mass is 14.9. The Kier molecular flexibility index (Phi) is 7.87. The van der Waals surface area contributed by atoms with Gasteiger partial charge in [0.2, 0.25) is 0 Å². The average molecular weight is 615 g/mol. The van der Waals surface area contributed by atoms with E-state index in [1.807, 2.05) is 60.7 Å². The SMILES string of the molecule is c1ccc(-c2cccc(-c3cc(-c4ccccc4)nc(-c4ccc(-c5nc(-c6ccccc6)cc(-c6ccccc6)n5)cc4)n3)c2)cc1. The van der Waals surface area contributed by atoms with Crippen LogP contribution in [-0.4, -0.2) is 19.9 Å². The molecule has 0 aliphatic heterocycles. The second kappa shape index (κ2) is 13.1. The molecule has 0 aliphatic carbocycles. The summed E-state index contributed by atoms with van der Waals surface area (Å²) in [5, 5.41) is 0. The zero-order valence-corrected chi connectivity index (χ0v) is 26.1. The molecule has 8 aromatic rings. The Morgan fingerprint density at radius 2 is 0.521 bits per heavy atom. The third-order valence-electron chi connectivity index (χ3n) is 8.33. The standard InChI is InChI=1S/C44H30N4/c1-5-14-31(15-6-1)37-22-13-23-38(28-37)42-30-41(34-20-11-4-12-21-34)47-44(48-42)36-26-24-35(25-27-36)43-45-39(32-16-7-2-8-17-32)29-40(46-43)33-18-9-3-10-19-33/h1-30H. The van der Waals surface area contributed by atoms with E-state index in [0.29, 0.717) is 11.6 Å². The lowest BCUT2D eigenvalue weighted by molar-refractivity contribution is 1.17. The third kappa shape index (κ3) is 6.15. The fourth-order valence-electron chi connectivity index (χ4n) is 5.83. The number of nitrogens with zero attached hydrogens (tertiary/aromatic N) is 4. The van der Waals surface area contributed by atoms with Gasteiger partial charge in [-0.1, -0.05) is 164 Å². The lowest BCUT2D eigenvalue weighted by Gasteiger charge is -2.12. The van der Waals surface area contributed by atoms with E-state index >= 15 is 0 Å². The minimum atomic E-state index is 0.659. The number of aromatic nitrogens is 4. The molecule has 48 heavy (non-hydrogen) atoms. The van der Waals surface area contributed by atoms with Crippen LogP contribution >= 0.6 is 0 Å². The van der Waals surface area contributed by atoms with Crippen LogP contribution in [0, 0.1) is 0 Å². The number of hydrogen-bond donors (Lipinski definition) is 0. The smallest absolute Gasteiger partial charge is 0.160 e. The first-order valence-corrected chi connectivity index (χ1v) is 16.0. The molecule has 0 fully saturated rings. The van der Waals surface area contributed by atoms with Gasteiger partial charge < -0.3 is 0 Å². The molecule has 0 bridgehead atoms. The molecule has 4 nitrogen and oxygen atoms in total. The number of hydrogen-bond acceptors (Lipinski definition) is 4. The van der Waals surface area contributed by atoms with E-state index in [1.165, 1.54) is 5.56 Å². The van der Waals surface area contributed by atoms with Crippen molar-refractivity contribution in [3.05, 3.63) is 182 Å². The molecule has 0 spiro atoms. The first kappa shape index (κ1) is 28.9. The van der Waals surface area contributed by atoms with Crippen LogP contribution < -0.4 is 0 Å². The highest BCUT2D eigenvalue weighted by molar-refractivity contribution is 5.77. The minimum Gasteiger partial charge on any atom is -0.228 e. The summed E-state index contributed by atoms with van der Waals surface area (Å²) in [5.41, 5.74) is 11.8. The number of rotatable bonds is 7. The zero-order valence-electron chi connectivity index (χ0n) is 26.1. The van der Waals surface area contributed by atoms with Crippen LogP contribution in [-0.2, 0) is 0 Å². The normalized spacial score (nSPS) is 10.9. The zero-order chi connectivity index (χ0) is 32.1. The van der Waals surface area contributed by atoms with E-state index in [-0.39, 0.29) is 0 Å². The van der Waals surface area contributed by atoms with Crippen LogP contribution in [0.3, 0.4) is 0 Å². The van der Waals surface area contributed by atoms with Gasteiger partial charge in [0.25, 0.3) is 0 Å². The summed E-state index contributed by atoms with van der Waals surface area (Å²) in [7, 11) is 0. The van der Waals surface area contributed by atoms with Crippen LogP contribution in [0.4, 0.5) is 0 Å². The average Bonchev–Trinajstić information content (AvgIpc) is 3.19. The van der Waals surface area contributed by atoms with Gasteiger partial charge in [0.1, 0.15) is 0 Å². The molecule has 0 radical (unpaired) electrons. The van der Waals surface area contributed by atoms with E-state index in [2.05, 4.69) is 121 Å². The Morgan fingerprint density at radius 3 is 0.917 bits per heavy atom. The van der Waals surface area contributed by atoms with Crippen molar-refractivity contribution in [1.29, 1.82) is 0 Å². The predicted molar refractivity (Wildman–Crippen MR) is 196 cm³/mol. The van der Waals surface area contributed by atoms with E-state index in [1.54, 1.807) is 0 Å². The van der Waals surface area contributed by atoms with Gasteiger partial charge in [-0.05, 0) is 29.3 Å². The van der Waals surface area contributed by atoms with Crippen molar-refractivity contribution in [2.45, 2.75) is 0 Å². The first-order chi connectivity index (χ1) is 23.8. The lowest BCUT2D eigenvalue weighted by Crippen LogP contribution is -1.97. The minimum absolute atomic E-state index is 0.659. The van der Waals surface area contributed by atoms with Gasteiger partial charge in [0.15, 0.2) is 11.6 Å². The van der Waals surface area contributed by atoms with Gasteiger partial charge in [-0.2, -0.15) is 0 Å². The fourth-order valence-corrected chi connectivity index (χ4v) is 5.83. The molecule has 0 saturated heterocycles. The highest BCUT2D eigenvalue weighted by Gasteiger charge is 2.14. The molecule has 2 aromatic heterocycles. The molecule has 0 amide bonds. The van der Waals surface area contributed by atoms with Crippen molar-refractivity contribution >= 4 is 0 Å². The van der Waals surface area contributed by atoms with Crippen molar-refractivity contribution < 1.29 is 0 Å². The largest absolute Gasteiger partial charge is 0.228 e. The van der Waals surface area contributed by atoms with Gasteiger partial charge >= 0.3 is 0 Å². The quantitative estimate of drug-likeness (QED) is 0.179. The first-order valence-electron chi connectivity index (χ1n) is 16.0. The second-order valence-electron chi connectivity index (χ2n) is 11.5. The lowest BCUT2D eigenvalue weighted by atomic mass is 10.0. The van der Waals surface area contributed by atoms with Crippen LogP contribution in [0.15, 0.2) is 182 Å². The Morgan fingerprint density at radius 1 is 0.208 bits per heavy atom. The molecule has 6 aromatic carbocycles. The molecule has 226 valence electrons. The molecular weight excluding hydrogens is 585 g/mol. The van der Waals surface area contributed by atoms with Crippen LogP contribution in [0.2, 0.25) is 0 Å². The monoisotopic (exact) mass is 614 g/mol. The van der Waals surface area contributed by atoms with E-state index < -0.39 is 0 Å². The van der Waals surface area contributed by atoms with E-state index in [0.717, 1.165) is 61.7 Å². The molecule has 0 N–H and O–H groups in total. The van der Waals surface area contributed by atoms with Gasteiger partial charge in [-0.25, -0.2) is 19.9 Å². The van der Waals surface area contributed by atoms with Crippen molar-refractivity contribution in [3.63, 3.8) is 0 Å². The second-order valence-corrected chi connectivity index (χ2v) is 11.5. The Balaban J connectivity index is 1.20. The van der Waals surface area contributed by atoms with Crippen molar-refractivity contribution in [1.82, 2.24) is 19.9 Å². The Bertz CT molecular complexity index is 2250. The van der Waals surface area contributed by atoms with Gasteiger partial charge in [0.05, 0.1) is 22.8 Å². The molecule has 4 heteroatoms. The van der Waals surface area contributed by atoms with E-state index in [9.17, 15) is 0 Å². The van der Waals surface area contributed by atoms with Crippen LogP contribution in [0.1, 0.15) is 0 Å². The molecule has 0 saturated carbocycles. The molecule has 2 heterocycles. The van der Waals surface area contributed by atoms with Gasteiger partial charge in [0, 0.05) is 33.4 Å². The maximum absolute atomic E-state index is 5.10. The highest BCUT2D eigenvalue weighted by Crippen LogP contribution is 2.32. The third-order valence-corrected chi connectivity index (χ3v) is 8.33. The maximum atomic E-state index is 5.10. The van der Waals surface area contributed by atoms with E-state index in [4.69, 9.17) is 19.9 Å². The Hall–Kier alpha value is -6.52. The summed E-state index contributed by atoms with van der Waals surface area (Å²) in [4.78, 5) is 20.1. The molecule has 0 aliphatic rings. The molecule has 0 unspecified atom stereocenters. The fraction of sp³-hybridized carbons (Fsp3) is 0. The summed E-state index contributed by atoms with van der Waals surface area (Å²) < 4.78 is 0. The van der Waals surface area contributed by atoms with Gasteiger partial charge in [-0.3, -0.25) is 0 Å². The predicted octanol–water partition coefficient (Wildman–Crippen LogP) is 10.9. The van der Waals surface area contributed by atoms with Crippen molar-refractivity contribution in [2.75, 3.05) is 0 Å². The van der Waals surface area contributed by atoms with Gasteiger partial charge in [-0.15, -0.1) is 0 Å². The Labute approximate surface area is 280 Å². The van der Waals surface area contributed by atoms with Crippen molar-refractivity contribution in [3.8, 4) is 78.9 Å². The summed E-state index contributed by atoms with van der Waals surface area (Å²) in [6.45, 7) is 0.